The fourth-order valence-corrected chi connectivity index (χ4v) is 4.53. The van der Waals surface area contributed by atoms with Crippen molar-refractivity contribution in [1.29, 1.82) is 0 Å². The van der Waals surface area contributed by atoms with Crippen LogP contribution in [0.2, 0.25) is 0 Å². The number of benzene rings is 3. The molecular weight excluding hydrogens is 983 g/mol. The van der Waals surface area contributed by atoms with E-state index in [4.69, 9.17) is 46.2 Å². The zero-order valence-electron chi connectivity index (χ0n) is 32.9. The van der Waals surface area contributed by atoms with Gasteiger partial charge in [0.15, 0.2) is 0 Å². The number of rotatable bonds is 2. The standard InChI is InChI=1S/C13H15BFNO2.C10H6FN5.C7H3BrFN.C3H3BrN4.C3H4N4.2CH4.BHNS/c1-12(2)13(3,4)18-14(17-12)9-6-7-11(16-5)10(15)8-9;1-13-8-3-2-6(4-7(8)11)9-5-14-10(12)16-15-9;1-10-7-3-2-5(8)4-6(7)9;4-2-1-6-3(5)8-7-2;4-3-5-1-2-6-7-3;;;1-2-3/h6-8H,1-4H3;2-5H,(H2,12,14,16);2-4H;1H,(H2,5,6,8);1-2H,(H2,4,5,7);2*1H4;3H. The molecule has 1 aliphatic heterocycles. The van der Waals surface area contributed by atoms with E-state index in [1.165, 1.54) is 61.2 Å². The second-order valence-corrected chi connectivity index (χ2v) is 14.3. The van der Waals surface area contributed by atoms with Gasteiger partial charge in [0.1, 0.15) is 27.7 Å². The van der Waals surface area contributed by atoms with Crippen molar-refractivity contribution < 1.29 is 22.5 Å². The first-order valence-electron chi connectivity index (χ1n) is 16.8. The molecule has 0 aliphatic carbocycles. The minimum absolute atomic E-state index is 0. The van der Waals surface area contributed by atoms with Crippen LogP contribution in [0.5, 0.6) is 0 Å². The van der Waals surface area contributed by atoms with E-state index in [-0.39, 0.29) is 49.8 Å². The Balaban J connectivity index is 0.000000788. The van der Waals surface area contributed by atoms with Crippen molar-refractivity contribution in [3.05, 3.63) is 140 Å². The summed E-state index contributed by atoms with van der Waals surface area (Å²) < 4.78 is 55.0. The predicted octanol–water partition coefficient (Wildman–Crippen LogP) is 8.75. The molecule has 4 heterocycles. The number of hydrogen-bond donors (Lipinski definition) is 4. The summed E-state index contributed by atoms with van der Waals surface area (Å²) in [5, 5.41) is 21.2. The van der Waals surface area contributed by atoms with Gasteiger partial charge in [-0.3, -0.25) is 0 Å². The number of hydrogen-bond acceptors (Lipinski definition) is 16. The van der Waals surface area contributed by atoms with Crippen molar-refractivity contribution in [2.24, 2.45) is 4.30 Å². The third-order valence-electron chi connectivity index (χ3n) is 7.64. The van der Waals surface area contributed by atoms with Gasteiger partial charge in [-0.1, -0.05) is 67.2 Å². The monoisotopic (exact) mass is 1020 g/mol. The number of nitrogens with zero attached hydrogens (tertiary/aromatic N) is 13. The van der Waals surface area contributed by atoms with Crippen molar-refractivity contribution in [1.82, 2.24) is 45.5 Å². The Labute approximate surface area is 392 Å². The molecule has 0 amide bonds. The van der Waals surface area contributed by atoms with E-state index < -0.39 is 35.8 Å². The van der Waals surface area contributed by atoms with E-state index in [9.17, 15) is 13.2 Å². The quantitative estimate of drug-likeness (QED) is 0.0721. The molecule has 18 nitrogen and oxygen atoms in total. The van der Waals surface area contributed by atoms with E-state index in [1.807, 2.05) is 27.7 Å². The van der Waals surface area contributed by atoms with Crippen molar-refractivity contribution >= 4 is 99.8 Å². The zero-order valence-corrected chi connectivity index (χ0v) is 36.9. The topological polar surface area (TPSA) is 238 Å². The summed E-state index contributed by atoms with van der Waals surface area (Å²) in [5.74, 6) is -1.16. The Morgan fingerprint density at radius 1 is 0.672 bits per heavy atom. The first-order valence-corrected chi connectivity index (χ1v) is 18.8. The molecule has 0 saturated carbocycles. The smallest absolute Gasteiger partial charge is 0.399 e. The summed E-state index contributed by atoms with van der Waals surface area (Å²) in [7, 11) is 3.74. The van der Waals surface area contributed by atoms with Crippen LogP contribution < -0.4 is 22.7 Å². The molecule has 6 aromatic rings. The van der Waals surface area contributed by atoms with Crippen molar-refractivity contribution in [2.45, 2.75) is 53.8 Å². The SMILES string of the molecule is C.C.Nc1ncc(Br)nn1.Nc1nccnn1.[B]=NS.[C-]#[N+]c1ccc(-c2cnc(N)nn2)cc1F.[C-]#[N+]c1ccc(B2OC(C)(C)C(C)(C)O2)cc1F.[C-]#[N+]c1ccc(Br)cc1F. The Bertz CT molecular complexity index is 2480. The van der Waals surface area contributed by atoms with Gasteiger partial charge in [-0.2, -0.15) is 5.10 Å². The fourth-order valence-electron chi connectivity index (χ4n) is 4.01. The summed E-state index contributed by atoms with van der Waals surface area (Å²) in [6, 6.07) is 12.9. The molecule has 1 saturated heterocycles. The summed E-state index contributed by atoms with van der Waals surface area (Å²) in [5.41, 5.74) is 16.1. The largest absolute Gasteiger partial charge is 0.494 e. The summed E-state index contributed by atoms with van der Waals surface area (Å²) in [6.45, 7) is 27.8. The van der Waals surface area contributed by atoms with Gasteiger partial charge in [-0.25, -0.2) is 42.7 Å². The van der Waals surface area contributed by atoms with Crippen LogP contribution >= 0.6 is 44.7 Å². The minimum Gasteiger partial charge on any atom is -0.399 e. The Morgan fingerprint density at radius 2 is 1.14 bits per heavy atom. The zero-order chi connectivity index (χ0) is 46.5. The summed E-state index contributed by atoms with van der Waals surface area (Å²) in [4.78, 5) is 20.0. The number of thiol groups is 1. The second kappa shape index (κ2) is 28.2. The van der Waals surface area contributed by atoms with Crippen LogP contribution in [-0.2, 0) is 9.31 Å². The van der Waals surface area contributed by atoms with Crippen LogP contribution in [-0.4, -0.2) is 71.5 Å². The van der Waals surface area contributed by atoms with Crippen LogP contribution in [0.4, 0.5) is 48.1 Å². The number of halogens is 5. The fraction of sp³-hybridized carbons (Fsp3) is 0.211. The van der Waals surface area contributed by atoms with Crippen LogP contribution in [0.15, 0.2) is 92.8 Å². The molecule has 1 fully saturated rings. The summed E-state index contributed by atoms with van der Waals surface area (Å²) >= 11 is 9.33. The van der Waals surface area contributed by atoms with Gasteiger partial charge in [0.2, 0.25) is 34.9 Å². The van der Waals surface area contributed by atoms with E-state index in [0.717, 1.165) is 0 Å². The van der Waals surface area contributed by atoms with Gasteiger partial charge in [0.05, 0.1) is 55.7 Å². The maximum absolute atomic E-state index is 13.6. The molecule has 0 atom stereocenters. The van der Waals surface area contributed by atoms with Gasteiger partial charge in [0.25, 0.3) is 0 Å². The molecule has 64 heavy (non-hydrogen) atoms. The summed E-state index contributed by atoms with van der Waals surface area (Å²) in [6.07, 6.45) is 5.84. The Morgan fingerprint density at radius 3 is 1.52 bits per heavy atom. The average molecular weight is 1020 g/mol. The molecule has 6 N–H and O–H groups in total. The maximum Gasteiger partial charge on any atom is 0.494 e. The Kier molecular flexibility index (Phi) is 25.4. The Hall–Kier alpha value is -6.49. The maximum atomic E-state index is 13.6. The third-order valence-corrected chi connectivity index (χ3v) is 8.50. The molecule has 26 heteroatoms. The predicted molar refractivity (Wildman–Crippen MR) is 251 cm³/mol. The van der Waals surface area contributed by atoms with Crippen molar-refractivity contribution in [3.8, 4) is 11.3 Å². The van der Waals surface area contributed by atoms with Crippen LogP contribution in [0.25, 0.3) is 25.8 Å². The van der Waals surface area contributed by atoms with Crippen LogP contribution in [0.3, 0.4) is 0 Å². The van der Waals surface area contributed by atoms with Crippen LogP contribution in [0, 0.1) is 37.2 Å². The van der Waals surface area contributed by atoms with Crippen molar-refractivity contribution in [3.63, 3.8) is 0 Å². The first kappa shape index (κ1) is 57.5. The van der Waals surface area contributed by atoms with Gasteiger partial charge >= 0.3 is 31.9 Å². The van der Waals surface area contributed by atoms with Gasteiger partial charge in [-0.05, 0) is 67.3 Å². The third kappa shape index (κ3) is 18.9. The second-order valence-electron chi connectivity index (χ2n) is 12.4. The average Bonchev–Trinajstić information content (AvgIpc) is 3.46. The van der Waals surface area contributed by atoms with Gasteiger partial charge in [-0.15, -0.1) is 25.5 Å². The molecule has 0 spiro atoms. The van der Waals surface area contributed by atoms with Gasteiger partial charge in [0, 0.05) is 10.0 Å². The van der Waals surface area contributed by atoms with Crippen molar-refractivity contribution in [2.75, 3.05) is 17.2 Å². The molecule has 331 valence electrons. The number of nitrogens with two attached hydrogens (primary N) is 3. The minimum atomic E-state index is -0.593. The van der Waals surface area contributed by atoms with Gasteiger partial charge < -0.3 is 26.5 Å². The molecule has 1 radical (unpaired) electrons. The number of aromatic nitrogens is 9. The first-order chi connectivity index (χ1) is 29.3. The molecule has 0 unspecified atom stereocenters. The number of nitrogen functional groups attached to an aromatic ring is 3. The normalized spacial score (nSPS) is 11.9. The van der Waals surface area contributed by atoms with E-state index in [1.54, 1.807) is 18.2 Å². The molecule has 0 bridgehead atoms. The molecule has 1 aliphatic rings. The molecule has 3 aromatic carbocycles. The molecule has 3 aromatic heterocycles. The van der Waals surface area contributed by atoms with E-state index >= 15 is 0 Å². The van der Waals surface area contributed by atoms with Crippen LogP contribution in [0.1, 0.15) is 42.5 Å². The molecule has 7 rings (SSSR count). The van der Waals surface area contributed by atoms with E-state index in [2.05, 4.69) is 117 Å². The molecular formula is C38H40B2Br2F3N16O2S. The van der Waals surface area contributed by atoms with E-state index in [0.29, 0.717) is 25.8 Å². The number of anilines is 3.